The van der Waals surface area contributed by atoms with Crippen LogP contribution in [0.1, 0.15) is 43.5 Å². The van der Waals surface area contributed by atoms with Crippen molar-refractivity contribution in [3.05, 3.63) is 183 Å². The molecule has 0 fully saturated rings. The molecule has 468 valence electrons. The van der Waals surface area contributed by atoms with Gasteiger partial charge in [0.2, 0.25) is 23.7 Å². The van der Waals surface area contributed by atoms with Gasteiger partial charge in [0, 0.05) is 88.9 Å². The molecule has 10 rings (SSSR count). The van der Waals surface area contributed by atoms with Gasteiger partial charge in [-0.05, 0) is 90.4 Å². The lowest BCUT2D eigenvalue weighted by Crippen LogP contribution is -2.31. The van der Waals surface area contributed by atoms with Crippen LogP contribution < -0.4 is 25.6 Å². The Labute approximate surface area is 521 Å². The van der Waals surface area contributed by atoms with Gasteiger partial charge in [-0.15, -0.1) is 0 Å². The van der Waals surface area contributed by atoms with Crippen LogP contribution in [-0.4, -0.2) is 125 Å². The lowest BCUT2D eigenvalue weighted by molar-refractivity contribution is -0.142. The van der Waals surface area contributed by atoms with Crippen LogP contribution >= 0.6 is 39.1 Å². The van der Waals surface area contributed by atoms with Gasteiger partial charge in [0.1, 0.15) is 36.0 Å². The minimum atomic E-state index is -4.72. The van der Waals surface area contributed by atoms with Crippen molar-refractivity contribution in [2.75, 3.05) is 38.1 Å². The second kappa shape index (κ2) is 29.1. The van der Waals surface area contributed by atoms with Gasteiger partial charge in [0.15, 0.2) is 23.0 Å². The molecule has 10 aromatic rings. The van der Waals surface area contributed by atoms with E-state index >= 15 is 0 Å². The molecule has 0 aliphatic carbocycles. The second-order valence-electron chi connectivity index (χ2n) is 18.3. The second-order valence-corrected chi connectivity index (χ2v) is 20.0. The maximum atomic E-state index is 13.6. The van der Waals surface area contributed by atoms with Crippen LogP contribution in [0.5, 0.6) is 11.8 Å². The van der Waals surface area contributed by atoms with Crippen molar-refractivity contribution in [1.29, 1.82) is 0 Å². The highest BCUT2D eigenvalue weighted by Gasteiger charge is 2.36. The smallest absolute Gasteiger partial charge is 0.475 e. The van der Waals surface area contributed by atoms with E-state index in [0.29, 0.717) is 28.9 Å². The van der Waals surface area contributed by atoms with Crippen molar-refractivity contribution in [3.63, 3.8) is 0 Å². The predicted molar refractivity (Wildman–Crippen MR) is 310 cm³/mol. The number of imidazole rings is 2. The first kappa shape index (κ1) is 66.3. The Bertz CT molecular complexity index is 4150. The number of aryl methyl sites for hydroxylation is 2. The summed E-state index contributed by atoms with van der Waals surface area (Å²) in [4.78, 5) is 57.3. The topological polar surface area (TPSA) is 284 Å². The highest BCUT2D eigenvalue weighted by atomic mass is 79.9. The van der Waals surface area contributed by atoms with E-state index in [4.69, 9.17) is 47.5 Å². The van der Waals surface area contributed by atoms with Gasteiger partial charge >= 0.3 is 31.4 Å². The number of anilines is 4. The third-order valence-corrected chi connectivity index (χ3v) is 13.2. The quantitative estimate of drug-likeness (QED) is 0.0353. The molecule has 36 heteroatoms. The number of nitrogens with zero attached hydrogens (tertiary/aromatic N) is 14. The molecule has 24 nitrogen and oxygen atoms in total. The molecule has 4 N–H and O–H groups in total. The van der Waals surface area contributed by atoms with Crippen LogP contribution in [0.2, 0.25) is 10.0 Å². The number of hydrogen-bond donors (Lipinski definition) is 4. The molecule has 2 aromatic carbocycles. The lowest BCUT2D eigenvalue weighted by Gasteiger charge is -2.15. The number of aromatic nitrogens is 14. The molecular weight excluding hydrogens is 1310 g/mol. The van der Waals surface area contributed by atoms with E-state index < -0.39 is 54.4 Å². The fraction of sp³-hybridized carbons (Fsp3) is 0.185. The van der Waals surface area contributed by atoms with Crippen molar-refractivity contribution in [2.45, 2.75) is 39.3 Å². The minimum absolute atomic E-state index is 0.0145. The maximum Gasteiger partial charge on any atom is 0.490 e. The summed E-state index contributed by atoms with van der Waals surface area (Å²) in [6.07, 6.45) is 6.02. The molecule has 0 unspecified atom stereocenters. The molecule has 0 bridgehead atoms. The molecule has 0 saturated carbocycles. The Morgan fingerprint density at radius 2 is 1.10 bits per heavy atom. The van der Waals surface area contributed by atoms with E-state index in [9.17, 15) is 44.7 Å². The fourth-order valence-electron chi connectivity index (χ4n) is 7.71. The molecule has 8 aromatic heterocycles. The third kappa shape index (κ3) is 16.9. The number of hydrogen-bond acceptors (Lipinski definition) is 20. The monoisotopic (exact) mass is 1360 g/mol. The van der Waals surface area contributed by atoms with Gasteiger partial charge in [-0.3, -0.25) is 0 Å². The maximum absolute atomic E-state index is 13.6. The summed E-state index contributed by atoms with van der Waals surface area (Å²) >= 11 is 14.8. The normalized spacial score (nSPS) is 11.2. The first-order valence-electron chi connectivity index (χ1n) is 25.6. The number of pyridine rings is 2. The number of halogens is 11. The van der Waals surface area contributed by atoms with Gasteiger partial charge < -0.3 is 48.8 Å². The third-order valence-electron chi connectivity index (χ3n) is 12.0. The first-order chi connectivity index (χ1) is 42.8. The number of methoxy groups -OCH3 is 2. The number of esters is 2. The standard InChI is InChI=1S/C27H21ClF4N8O3.C15H9BrClF4N5.C12H14BN3O5/c1-15-9-22(27(30,31)32)38-40(15)23-19(13-35-26(37-23)36-17-3-4-21(29)20(28)11-17)16-10-18(25(41)42-2)24(34-12-16)43-8-7-39-6-5-33-14-39;1-7-4-12(15(19,20)21)25-26(7)13-9(16)6-22-14(24-13)23-8-2-3-11(18)10(17)5-8;1-20-12(17)10-6-9(13(18)19)7-15-11(10)21-5-4-16-3-2-14-8-16/h3-6,9-14H,7-8H2,1-2H3,(H,35,36,37);2-6H,1H3,(H,22,23,24);2-3,6-8,18-19H,4-5H2,1H3. The van der Waals surface area contributed by atoms with Crippen LogP contribution in [0.3, 0.4) is 0 Å². The summed E-state index contributed by atoms with van der Waals surface area (Å²) in [6, 6.07) is 12.2. The number of carbonyl (C=O) groups excluding carboxylic acids is 2. The van der Waals surface area contributed by atoms with Crippen LogP contribution in [-0.2, 0) is 34.9 Å². The fourth-order valence-corrected chi connectivity index (χ4v) is 8.43. The minimum Gasteiger partial charge on any atom is -0.475 e. The van der Waals surface area contributed by atoms with E-state index in [0.717, 1.165) is 33.6 Å². The van der Waals surface area contributed by atoms with Gasteiger partial charge in [-0.1, -0.05) is 23.2 Å². The number of carbonyl (C=O) groups is 2. The van der Waals surface area contributed by atoms with Crippen molar-refractivity contribution in [2.24, 2.45) is 0 Å². The number of alkyl halides is 6. The van der Waals surface area contributed by atoms with Crippen molar-refractivity contribution in [1.82, 2.24) is 68.6 Å². The zero-order valence-corrected chi connectivity index (χ0v) is 49.8. The molecule has 0 radical (unpaired) electrons. The number of ether oxygens (including phenoxy) is 4. The van der Waals surface area contributed by atoms with Crippen molar-refractivity contribution >= 4 is 86.9 Å². The van der Waals surface area contributed by atoms with Gasteiger partial charge in [0.25, 0.3) is 0 Å². The van der Waals surface area contributed by atoms with Crippen LogP contribution in [0, 0.1) is 25.5 Å². The first-order valence-corrected chi connectivity index (χ1v) is 27.2. The zero-order chi connectivity index (χ0) is 65.0. The van der Waals surface area contributed by atoms with Crippen molar-refractivity contribution in [3.8, 4) is 34.5 Å². The molecule has 0 spiro atoms. The van der Waals surface area contributed by atoms with E-state index in [2.05, 4.69) is 81.4 Å². The van der Waals surface area contributed by atoms with Crippen LogP contribution in [0.4, 0.5) is 58.4 Å². The van der Waals surface area contributed by atoms with Gasteiger partial charge in [-0.25, -0.2) is 57.6 Å². The van der Waals surface area contributed by atoms with Crippen LogP contribution in [0.15, 0.2) is 127 Å². The van der Waals surface area contributed by atoms with E-state index in [1.807, 2.05) is 4.57 Å². The SMILES string of the molecule is COC(=O)c1cc(-c2cnc(Nc3ccc(F)c(Cl)c3)nc2-n2nc(C(F)(F)F)cc2C)cnc1OCCn1ccnc1.COC(=O)c1cc(B(O)O)cnc1OCCn1ccnc1.Cc1cc(C(F)(F)F)nn1-c1nc(Nc2ccc(F)c(Cl)c2)ncc1Br. The van der Waals surface area contributed by atoms with Crippen molar-refractivity contribution < 1.29 is 73.7 Å². The van der Waals surface area contributed by atoms with Gasteiger partial charge in [-0.2, -0.15) is 46.5 Å². The molecule has 0 amide bonds. The van der Waals surface area contributed by atoms with Gasteiger partial charge in [0.05, 0.1) is 54.5 Å². The largest absolute Gasteiger partial charge is 0.490 e. The Hall–Kier alpha value is -9.64. The molecule has 0 saturated heterocycles. The zero-order valence-electron chi connectivity index (χ0n) is 46.7. The van der Waals surface area contributed by atoms with E-state index in [1.165, 1.54) is 89.3 Å². The number of nitrogens with one attached hydrogen (secondary N) is 2. The molecule has 8 heterocycles. The summed E-state index contributed by atoms with van der Waals surface area (Å²) in [5.41, 5.74) is -0.537. The molecule has 90 heavy (non-hydrogen) atoms. The average molecular weight is 1360 g/mol. The highest BCUT2D eigenvalue weighted by Crippen LogP contribution is 2.35. The summed E-state index contributed by atoms with van der Waals surface area (Å²) < 4.78 is 133. The Morgan fingerprint density at radius 3 is 1.54 bits per heavy atom. The number of benzene rings is 2. The molecule has 0 atom stereocenters. The summed E-state index contributed by atoms with van der Waals surface area (Å²) in [6.45, 7) is 4.29. The Kier molecular flexibility index (Phi) is 21.5. The summed E-state index contributed by atoms with van der Waals surface area (Å²) in [5.74, 6) is -2.50. The Morgan fingerprint density at radius 1 is 0.633 bits per heavy atom. The Balaban J connectivity index is 0.000000189. The van der Waals surface area contributed by atoms with E-state index in [-0.39, 0.29) is 97.7 Å². The lowest BCUT2D eigenvalue weighted by atomic mass is 9.81. The predicted octanol–water partition coefficient (Wildman–Crippen LogP) is 9.76. The van der Waals surface area contributed by atoms with E-state index in [1.54, 1.807) is 42.0 Å². The highest BCUT2D eigenvalue weighted by molar-refractivity contribution is 9.10. The summed E-state index contributed by atoms with van der Waals surface area (Å²) in [7, 11) is 0.688. The van der Waals surface area contributed by atoms with Crippen LogP contribution in [0.25, 0.3) is 22.8 Å². The number of rotatable bonds is 18. The molecule has 0 aliphatic heterocycles. The summed E-state index contributed by atoms with van der Waals surface area (Å²) in [5, 5.41) is 30.9. The molecule has 0 aliphatic rings. The average Bonchev–Trinajstić information content (AvgIpc) is 2.24. The molecular formula is C54H44BBrCl2F8N16O8.